The number of rotatable bonds is 4. The Labute approximate surface area is 312 Å². The molecule has 248 valence electrons. The van der Waals surface area contributed by atoms with Gasteiger partial charge in [0, 0.05) is 0 Å². The summed E-state index contributed by atoms with van der Waals surface area (Å²) in [6.45, 7) is 8.68. The van der Waals surface area contributed by atoms with E-state index in [1.54, 1.807) is 0 Å². The molecule has 0 nitrogen and oxygen atoms in total. The number of hydrogen-bond acceptors (Lipinski definition) is 0. The van der Waals surface area contributed by atoms with Crippen LogP contribution in [0.4, 0.5) is 0 Å². The van der Waals surface area contributed by atoms with Gasteiger partial charge in [-0.15, -0.1) is 0 Å². The molecule has 8 aromatic carbocycles. The summed E-state index contributed by atoms with van der Waals surface area (Å²) < 4.78 is 2.81. The zero-order valence-electron chi connectivity index (χ0n) is 28.9. The second kappa shape index (κ2) is 17.2. The van der Waals surface area contributed by atoms with Crippen molar-refractivity contribution < 1.29 is 16.0 Å². The second-order valence-electron chi connectivity index (χ2n) is 12.7. The Bertz CT molecular complexity index is 2210. The van der Waals surface area contributed by atoms with Gasteiger partial charge >= 0.3 is 113 Å². The molecule has 8 aromatic rings. The fourth-order valence-corrected chi connectivity index (χ4v) is 43.5. The third-order valence-electron chi connectivity index (χ3n) is 8.96. The van der Waals surface area contributed by atoms with E-state index in [0.29, 0.717) is 0 Å². The average molecular weight is 915 g/mol. The molecule has 0 saturated carbocycles. The minimum absolute atomic E-state index is 1.31. The molecule has 0 radical (unpaired) electrons. The summed E-state index contributed by atoms with van der Waals surface area (Å²) in [5.74, 6) is 0. The van der Waals surface area contributed by atoms with E-state index in [-0.39, 0.29) is 0 Å². The maximum absolute atomic E-state index is 6.37. The molecule has 0 bridgehead atoms. The van der Waals surface area contributed by atoms with Crippen LogP contribution >= 0.6 is 17.2 Å². The molecule has 0 aliphatic carbocycles. The van der Waals surface area contributed by atoms with Gasteiger partial charge < -0.3 is 0 Å². The van der Waals surface area contributed by atoms with E-state index in [1.165, 1.54) is 74.8 Å². The molecule has 8 rings (SSSR count). The molecule has 0 heterocycles. The summed E-state index contributed by atoms with van der Waals surface area (Å²) >= 11 is -2.35. The Morgan fingerprint density at radius 2 is 0.780 bits per heavy atom. The summed E-state index contributed by atoms with van der Waals surface area (Å²) in [6.07, 6.45) is 0. The first-order valence-electron chi connectivity index (χ1n) is 16.9. The number of halogens is 2. The molecule has 0 N–H and O–H groups in total. The van der Waals surface area contributed by atoms with Crippen molar-refractivity contribution in [1.29, 1.82) is 0 Å². The van der Waals surface area contributed by atoms with E-state index in [9.17, 15) is 0 Å². The van der Waals surface area contributed by atoms with E-state index in [4.69, 9.17) is 17.2 Å². The van der Waals surface area contributed by atoms with Crippen molar-refractivity contribution in [2.45, 2.75) is 27.7 Å². The summed E-state index contributed by atoms with van der Waals surface area (Å²) in [7, 11) is 11.1. The van der Waals surface area contributed by atoms with Crippen LogP contribution in [0.5, 0.6) is 0 Å². The van der Waals surface area contributed by atoms with Crippen LogP contribution in [0.2, 0.25) is 0 Å². The number of benzene rings is 6. The van der Waals surface area contributed by atoms with Crippen molar-refractivity contribution >= 4 is 57.5 Å². The Balaban J connectivity index is 0.000000130. The van der Waals surface area contributed by atoms with Crippen LogP contribution in [0.3, 0.4) is 0 Å². The molecule has 0 aliphatic rings. The Morgan fingerprint density at radius 3 is 1.14 bits per heavy atom. The number of fused-ring (bicyclic) bond motifs is 2. The van der Waals surface area contributed by atoms with Crippen molar-refractivity contribution in [2.24, 2.45) is 0 Å². The second-order valence-corrected chi connectivity index (χ2v) is 55.1. The van der Waals surface area contributed by atoms with Gasteiger partial charge in [0.2, 0.25) is 0 Å². The van der Waals surface area contributed by atoms with Crippen LogP contribution in [0, 0.1) is 27.7 Å². The van der Waals surface area contributed by atoms with E-state index < -0.39 is 26.0 Å². The predicted molar refractivity (Wildman–Crippen MR) is 219 cm³/mol. The van der Waals surface area contributed by atoms with Gasteiger partial charge in [0.1, 0.15) is 0 Å². The van der Waals surface area contributed by atoms with Crippen LogP contribution in [-0.2, 0) is 16.0 Å². The summed E-state index contributed by atoms with van der Waals surface area (Å²) in [5.41, 5.74) is 10.8. The van der Waals surface area contributed by atoms with Crippen molar-refractivity contribution in [3.63, 3.8) is 0 Å². The third kappa shape index (κ3) is 8.69. The van der Waals surface area contributed by atoms with Gasteiger partial charge in [0.05, 0.1) is 0 Å². The van der Waals surface area contributed by atoms with Gasteiger partial charge in [-0.1, -0.05) is 124 Å². The fourth-order valence-electron chi connectivity index (χ4n) is 6.70. The first kappa shape index (κ1) is 36.3. The molecule has 0 saturated heterocycles. The molecule has 0 aromatic heterocycles. The zero-order chi connectivity index (χ0) is 35.0. The minimum atomic E-state index is -2.35. The Morgan fingerprint density at radius 1 is 0.420 bits per heavy atom. The summed E-state index contributed by atoms with van der Waals surface area (Å²) in [5, 5.41) is 5.29. The van der Waals surface area contributed by atoms with Gasteiger partial charge in [0.15, 0.2) is 0 Å². The normalized spacial score (nSPS) is 10.6. The topological polar surface area (TPSA) is 0 Å². The maximum atomic E-state index is 6.37. The Kier molecular flexibility index (Phi) is 12.5. The van der Waals surface area contributed by atoms with E-state index in [2.05, 4.69) is 185 Å². The SMILES string of the molecule is Cc1cc(-c2cccc3ccccc23)c(C)[cH-]1.Cc1cc(-c2cccc3ccccc23)c(C)[cH-]1.[Cl][Hf]([Cl])=[Ge]([c]1ccccc1)[c]1ccccc1. The summed E-state index contributed by atoms with van der Waals surface area (Å²) in [6, 6.07) is 60.3. The molecule has 0 unspecified atom stereocenters. The molecule has 0 fully saturated rings. The molecule has 4 heteroatoms. The van der Waals surface area contributed by atoms with E-state index >= 15 is 0 Å². The van der Waals surface area contributed by atoms with Crippen LogP contribution in [0.25, 0.3) is 43.8 Å². The van der Waals surface area contributed by atoms with Crippen LogP contribution < -0.4 is 8.79 Å². The zero-order valence-corrected chi connectivity index (χ0v) is 36.1. The van der Waals surface area contributed by atoms with Gasteiger partial charge in [-0.2, -0.15) is 45.5 Å². The fraction of sp³-hybridized carbons (Fsp3) is 0.0870. The number of aryl methyl sites for hydroxylation is 4. The molecule has 0 amide bonds. The molecular weight excluding hydrogens is 875 g/mol. The van der Waals surface area contributed by atoms with Crippen LogP contribution in [0.15, 0.2) is 170 Å². The van der Waals surface area contributed by atoms with Gasteiger partial charge in [-0.25, -0.2) is 12.1 Å². The van der Waals surface area contributed by atoms with Crippen molar-refractivity contribution in [3.8, 4) is 22.3 Å². The quantitative estimate of drug-likeness (QED) is 0.122. The van der Waals surface area contributed by atoms with E-state index in [1.807, 2.05) is 12.1 Å². The molecular formula is C46H40Cl2GeHf-2. The number of hydrogen-bond donors (Lipinski definition) is 0. The van der Waals surface area contributed by atoms with Crippen LogP contribution in [0.1, 0.15) is 22.3 Å². The first-order valence-corrected chi connectivity index (χ1v) is 38.3. The van der Waals surface area contributed by atoms with Gasteiger partial charge in [-0.05, 0) is 21.5 Å². The predicted octanol–water partition coefficient (Wildman–Crippen LogP) is 12.4. The molecule has 50 heavy (non-hydrogen) atoms. The van der Waals surface area contributed by atoms with Gasteiger partial charge in [0.25, 0.3) is 0 Å². The monoisotopic (exact) mass is 916 g/mol. The summed E-state index contributed by atoms with van der Waals surface area (Å²) in [4.78, 5) is 0. The molecule has 0 atom stereocenters. The first-order chi connectivity index (χ1) is 24.3. The third-order valence-corrected chi connectivity index (χ3v) is 47.5. The van der Waals surface area contributed by atoms with Crippen LogP contribution in [-0.4, -0.2) is 10.1 Å². The molecule has 0 spiro atoms. The van der Waals surface area contributed by atoms with Gasteiger partial charge in [-0.3, -0.25) is 0 Å². The Hall–Kier alpha value is -3.47. The standard InChI is InChI=1S/2C17H15.C12H10Ge.2ClH.Hf/c2*1-12-10-13(2)17(11-12)16-9-5-7-14-6-3-4-8-15(14)16;1-3-7-11(8-4-1)13-12-9-5-2-6-10-12;;;/h2*3-11H,1-2H3;1-10H;2*1H;/q2*-1;;;;+2/p-2. The van der Waals surface area contributed by atoms with E-state index in [0.717, 1.165) is 0 Å². The van der Waals surface area contributed by atoms with Crippen molar-refractivity contribution in [3.05, 3.63) is 192 Å². The van der Waals surface area contributed by atoms with Crippen molar-refractivity contribution in [1.82, 2.24) is 0 Å². The van der Waals surface area contributed by atoms with Crippen molar-refractivity contribution in [2.75, 3.05) is 0 Å². The molecule has 0 aliphatic heterocycles. The average Bonchev–Trinajstić information content (AvgIpc) is 3.66.